The summed E-state index contributed by atoms with van der Waals surface area (Å²) in [5.74, 6) is -0.593. The maximum absolute atomic E-state index is 13.3. The molecule has 0 bridgehead atoms. The van der Waals surface area contributed by atoms with E-state index in [2.05, 4.69) is 5.32 Å². The molecule has 0 fully saturated rings. The quantitative estimate of drug-likeness (QED) is 0.862. The summed E-state index contributed by atoms with van der Waals surface area (Å²) >= 11 is 11.9. The molecule has 0 spiro atoms. The van der Waals surface area contributed by atoms with Crippen LogP contribution in [-0.2, 0) is 4.79 Å². The monoisotopic (exact) mass is 340 g/mol. The van der Waals surface area contributed by atoms with Crippen LogP contribution in [0.25, 0.3) is 0 Å². The summed E-state index contributed by atoms with van der Waals surface area (Å²) in [6.07, 6.45) is 0. The third-order valence-electron chi connectivity index (χ3n) is 3.12. The van der Waals surface area contributed by atoms with E-state index in [1.807, 2.05) is 6.92 Å². The van der Waals surface area contributed by atoms with Crippen molar-refractivity contribution in [2.45, 2.75) is 6.92 Å². The SMILES string of the molecule is CCN(CC(=O)Nc1cccc(Cl)c1Cl)c1cccc(F)c1. The molecule has 0 heterocycles. The zero-order chi connectivity index (χ0) is 16.1. The number of rotatable bonds is 5. The van der Waals surface area contributed by atoms with Crippen LogP contribution in [0.3, 0.4) is 0 Å². The molecular formula is C16H15Cl2FN2O. The molecule has 0 aliphatic rings. The predicted molar refractivity (Wildman–Crippen MR) is 89.4 cm³/mol. The molecule has 0 saturated carbocycles. The van der Waals surface area contributed by atoms with Gasteiger partial charge < -0.3 is 10.2 Å². The van der Waals surface area contributed by atoms with Gasteiger partial charge in [-0.3, -0.25) is 4.79 Å². The topological polar surface area (TPSA) is 32.3 Å². The van der Waals surface area contributed by atoms with Gasteiger partial charge >= 0.3 is 0 Å². The average molecular weight is 341 g/mol. The molecule has 22 heavy (non-hydrogen) atoms. The number of carbonyl (C=O) groups excluding carboxylic acids is 1. The van der Waals surface area contributed by atoms with Crippen LogP contribution >= 0.6 is 23.2 Å². The molecule has 0 aliphatic carbocycles. The Morgan fingerprint density at radius 3 is 2.64 bits per heavy atom. The van der Waals surface area contributed by atoms with Crippen molar-refractivity contribution in [2.75, 3.05) is 23.3 Å². The Balaban J connectivity index is 2.08. The Bertz CT molecular complexity index is 679. The Labute approximate surface area is 138 Å². The average Bonchev–Trinajstić information content (AvgIpc) is 2.49. The van der Waals surface area contributed by atoms with Gasteiger partial charge in [0.05, 0.1) is 22.3 Å². The highest BCUT2D eigenvalue weighted by Gasteiger charge is 2.13. The maximum Gasteiger partial charge on any atom is 0.243 e. The van der Waals surface area contributed by atoms with Gasteiger partial charge in [0.2, 0.25) is 5.91 Å². The molecule has 116 valence electrons. The molecule has 0 aliphatic heterocycles. The molecule has 1 amide bonds. The third-order valence-corrected chi connectivity index (χ3v) is 3.93. The van der Waals surface area contributed by atoms with Gasteiger partial charge in [0.15, 0.2) is 0 Å². The summed E-state index contributed by atoms with van der Waals surface area (Å²) in [6.45, 7) is 2.55. The highest BCUT2D eigenvalue weighted by molar-refractivity contribution is 6.44. The molecule has 1 N–H and O–H groups in total. The van der Waals surface area contributed by atoms with Crippen molar-refractivity contribution in [3.05, 3.63) is 58.3 Å². The molecule has 3 nitrogen and oxygen atoms in total. The van der Waals surface area contributed by atoms with Crippen LogP contribution in [0.5, 0.6) is 0 Å². The molecule has 0 saturated heterocycles. The number of benzene rings is 2. The molecule has 0 radical (unpaired) electrons. The Kier molecular flexibility index (Phi) is 5.63. The largest absolute Gasteiger partial charge is 0.362 e. The van der Waals surface area contributed by atoms with Gasteiger partial charge in [-0.25, -0.2) is 4.39 Å². The summed E-state index contributed by atoms with van der Waals surface area (Å²) in [7, 11) is 0. The second-order valence-electron chi connectivity index (χ2n) is 4.64. The molecule has 2 aromatic rings. The second kappa shape index (κ2) is 7.47. The number of anilines is 2. The highest BCUT2D eigenvalue weighted by atomic mass is 35.5. The fraction of sp³-hybridized carbons (Fsp3) is 0.188. The standard InChI is InChI=1S/C16H15Cl2FN2O/c1-2-21(12-6-3-5-11(19)9-12)10-15(22)20-14-8-4-7-13(17)16(14)18/h3-9H,2,10H2,1H3,(H,20,22). The fourth-order valence-electron chi connectivity index (χ4n) is 2.02. The second-order valence-corrected chi connectivity index (χ2v) is 5.43. The fourth-order valence-corrected chi connectivity index (χ4v) is 2.37. The van der Waals surface area contributed by atoms with Crippen LogP contribution in [0.4, 0.5) is 15.8 Å². The van der Waals surface area contributed by atoms with Crippen LogP contribution in [0.2, 0.25) is 10.0 Å². The highest BCUT2D eigenvalue weighted by Crippen LogP contribution is 2.29. The lowest BCUT2D eigenvalue weighted by atomic mass is 10.2. The Morgan fingerprint density at radius 2 is 1.95 bits per heavy atom. The number of carbonyl (C=O) groups is 1. The third kappa shape index (κ3) is 4.12. The summed E-state index contributed by atoms with van der Waals surface area (Å²) < 4.78 is 13.3. The van der Waals surface area contributed by atoms with E-state index in [1.165, 1.54) is 12.1 Å². The summed E-state index contributed by atoms with van der Waals surface area (Å²) in [5, 5.41) is 3.38. The van der Waals surface area contributed by atoms with Gasteiger partial charge in [0.25, 0.3) is 0 Å². The molecule has 2 aromatic carbocycles. The molecule has 2 rings (SSSR count). The van der Waals surface area contributed by atoms with Crippen LogP contribution in [0.15, 0.2) is 42.5 Å². The van der Waals surface area contributed by atoms with Gasteiger partial charge in [-0.15, -0.1) is 0 Å². The van der Waals surface area contributed by atoms with Gasteiger partial charge in [-0.05, 0) is 37.3 Å². The number of likely N-dealkylation sites (N-methyl/N-ethyl adjacent to an activating group) is 1. The van der Waals surface area contributed by atoms with E-state index >= 15 is 0 Å². The van der Waals surface area contributed by atoms with Crippen molar-refractivity contribution >= 4 is 40.5 Å². The number of amides is 1. The van der Waals surface area contributed by atoms with Gasteiger partial charge in [-0.2, -0.15) is 0 Å². The van der Waals surface area contributed by atoms with E-state index < -0.39 is 0 Å². The summed E-state index contributed by atoms with van der Waals surface area (Å²) in [6, 6.07) is 11.1. The number of hydrogen-bond donors (Lipinski definition) is 1. The molecule has 0 unspecified atom stereocenters. The van der Waals surface area contributed by atoms with Crippen LogP contribution in [0, 0.1) is 5.82 Å². The summed E-state index contributed by atoms with van der Waals surface area (Å²) in [5.41, 5.74) is 1.10. The van der Waals surface area contributed by atoms with Crippen LogP contribution in [-0.4, -0.2) is 19.0 Å². The first-order valence-corrected chi connectivity index (χ1v) is 7.51. The number of hydrogen-bond acceptors (Lipinski definition) is 2. The van der Waals surface area contributed by atoms with Gasteiger partial charge in [0.1, 0.15) is 5.82 Å². The lowest BCUT2D eigenvalue weighted by Gasteiger charge is -2.22. The predicted octanol–water partition coefficient (Wildman–Crippen LogP) is 4.60. The molecule has 0 atom stereocenters. The van der Waals surface area contributed by atoms with Crippen molar-refractivity contribution in [1.29, 1.82) is 0 Å². The minimum absolute atomic E-state index is 0.0861. The zero-order valence-electron chi connectivity index (χ0n) is 11.9. The Morgan fingerprint density at radius 1 is 1.23 bits per heavy atom. The van der Waals surface area contributed by atoms with E-state index in [0.717, 1.165) is 0 Å². The number of halogens is 3. The maximum atomic E-state index is 13.3. The molecule has 0 aromatic heterocycles. The molecule has 6 heteroatoms. The Hall–Kier alpha value is -1.78. The zero-order valence-corrected chi connectivity index (χ0v) is 13.5. The van der Waals surface area contributed by atoms with Crippen molar-refractivity contribution in [2.24, 2.45) is 0 Å². The first kappa shape index (κ1) is 16.6. The first-order chi connectivity index (χ1) is 10.5. The van der Waals surface area contributed by atoms with E-state index in [1.54, 1.807) is 35.2 Å². The van der Waals surface area contributed by atoms with Gasteiger partial charge in [-0.1, -0.05) is 35.3 Å². The van der Waals surface area contributed by atoms with E-state index in [-0.39, 0.29) is 18.3 Å². The van der Waals surface area contributed by atoms with E-state index in [9.17, 15) is 9.18 Å². The van der Waals surface area contributed by atoms with Gasteiger partial charge in [0, 0.05) is 12.2 Å². The number of nitrogens with zero attached hydrogens (tertiary/aromatic N) is 1. The first-order valence-electron chi connectivity index (χ1n) is 6.75. The van der Waals surface area contributed by atoms with Crippen LogP contribution in [0.1, 0.15) is 6.92 Å². The van der Waals surface area contributed by atoms with Crippen molar-refractivity contribution in [3.63, 3.8) is 0 Å². The molecular weight excluding hydrogens is 326 g/mol. The minimum Gasteiger partial charge on any atom is -0.362 e. The lowest BCUT2D eigenvalue weighted by molar-refractivity contribution is -0.115. The van der Waals surface area contributed by atoms with Crippen molar-refractivity contribution in [3.8, 4) is 0 Å². The van der Waals surface area contributed by atoms with Crippen molar-refractivity contribution in [1.82, 2.24) is 0 Å². The van der Waals surface area contributed by atoms with Crippen LogP contribution < -0.4 is 10.2 Å². The lowest BCUT2D eigenvalue weighted by Crippen LogP contribution is -2.33. The summed E-state index contributed by atoms with van der Waals surface area (Å²) in [4.78, 5) is 13.9. The number of nitrogens with one attached hydrogen (secondary N) is 1. The van der Waals surface area contributed by atoms with E-state index in [0.29, 0.717) is 28.0 Å². The van der Waals surface area contributed by atoms with E-state index in [4.69, 9.17) is 23.2 Å². The minimum atomic E-state index is -0.339. The normalized spacial score (nSPS) is 10.4. The smallest absolute Gasteiger partial charge is 0.243 e. The van der Waals surface area contributed by atoms with Crippen molar-refractivity contribution < 1.29 is 9.18 Å².